The van der Waals surface area contributed by atoms with Gasteiger partial charge in [-0.2, -0.15) is 0 Å². The van der Waals surface area contributed by atoms with Gasteiger partial charge in [0, 0.05) is 24.7 Å². The minimum absolute atomic E-state index is 0.133. The molecule has 0 saturated heterocycles. The molecule has 25 heavy (non-hydrogen) atoms. The molecule has 1 saturated carbocycles. The summed E-state index contributed by atoms with van der Waals surface area (Å²) in [6.45, 7) is 0. The van der Waals surface area contributed by atoms with Gasteiger partial charge in [-0.15, -0.1) is 0 Å². The Morgan fingerprint density at radius 1 is 1.12 bits per heavy atom. The van der Waals surface area contributed by atoms with Crippen molar-refractivity contribution in [2.45, 2.75) is 31.3 Å². The number of pyridine rings is 1. The van der Waals surface area contributed by atoms with Crippen molar-refractivity contribution in [2.75, 3.05) is 0 Å². The van der Waals surface area contributed by atoms with Crippen molar-refractivity contribution in [3.05, 3.63) is 72.1 Å². The SMILES string of the molecule is O=C(C=Cc1ccccn1)NC(Cc1ccccc1)C(=O)NC1CC1. The summed E-state index contributed by atoms with van der Waals surface area (Å²) < 4.78 is 0. The van der Waals surface area contributed by atoms with E-state index in [0.29, 0.717) is 12.1 Å². The Hall–Kier alpha value is -2.95. The number of carbonyl (C=O) groups is 2. The van der Waals surface area contributed by atoms with E-state index in [1.807, 2.05) is 48.5 Å². The number of aromatic nitrogens is 1. The van der Waals surface area contributed by atoms with Gasteiger partial charge < -0.3 is 10.6 Å². The predicted molar refractivity (Wildman–Crippen MR) is 96.5 cm³/mol. The van der Waals surface area contributed by atoms with Gasteiger partial charge in [-0.1, -0.05) is 36.4 Å². The van der Waals surface area contributed by atoms with Crippen LogP contribution >= 0.6 is 0 Å². The summed E-state index contributed by atoms with van der Waals surface area (Å²) in [6.07, 6.45) is 7.19. The van der Waals surface area contributed by atoms with E-state index in [1.165, 1.54) is 6.08 Å². The molecule has 1 atom stereocenters. The molecule has 1 fully saturated rings. The normalized spacial score (nSPS) is 14.9. The second-order valence-electron chi connectivity index (χ2n) is 6.12. The van der Waals surface area contributed by atoms with E-state index in [4.69, 9.17) is 0 Å². The zero-order chi connectivity index (χ0) is 17.5. The first kappa shape index (κ1) is 16.9. The number of carbonyl (C=O) groups excluding carboxylic acids is 2. The van der Waals surface area contributed by atoms with E-state index in [2.05, 4.69) is 15.6 Å². The van der Waals surface area contributed by atoms with Gasteiger partial charge in [0.15, 0.2) is 0 Å². The molecular weight excluding hydrogens is 314 g/mol. The van der Waals surface area contributed by atoms with Crippen LogP contribution in [0.4, 0.5) is 0 Å². The summed E-state index contributed by atoms with van der Waals surface area (Å²) in [7, 11) is 0. The van der Waals surface area contributed by atoms with Crippen molar-refractivity contribution in [2.24, 2.45) is 0 Å². The zero-order valence-electron chi connectivity index (χ0n) is 13.9. The Bertz CT molecular complexity index is 740. The van der Waals surface area contributed by atoms with Crippen LogP contribution in [0.15, 0.2) is 60.8 Å². The molecular formula is C20H21N3O2. The lowest BCUT2D eigenvalue weighted by molar-refractivity contribution is -0.127. The second kappa shape index (κ2) is 8.24. The Labute approximate surface area is 147 Å². The van der Waals surface area contributed by atoms with Crippen LogP contribution in [0.3, 0.4) is 0 Å². The van der Waals surface area contributed by atoms with Gasteiger partial charge in [0.05, 0.1) is 5.69 Å². The lowest BCUT2D eigenvalue weighted by Gasteiger charge is -2.17. The molecule has 1 aromatic carbocycles. The van der Waals surface area contributed by atoms with Crippen LogP contribution in [0.5, 0.6) is 0 Å². The maximum atomic E-state index is 12.4. The molecule has 1 unspecified atom stereocenters. The van der Waals surface area contributed by atoms with Crippen molar-refractivity contribution in [3.8, 4) is 0 Å². The summed E-state index contributed by atoms with van der Waals surface area (Å²) in [4.78, 5) is 28.8. The number of nitrogens with zero attached hydrogens (tertiary/aromatic N) is 1. The molecule has 2 N–H and O–H groups in total. The third kappa shape index (κ3) is 5.57. The molecule has 0 aliphatic heterocycles. The molecule has 3 rings (SSSR count). The molecule has 5 nitrogen and oxygen atoms in total. The molecule has 0 bridgehead atoms. The van der Waals surface area contributed by atoms with Gasteiger partial charge in [-0.25, -0.2) is 0 Å². The van der Waals surface area contributed by atoms with Crippen LogP contribution in [-0.4, -0.2) is 28.9 Å². The lowest BCUT2D eigenvalue weighted by Crippen LogP contribution is -2.48. The molecule has 1 aliphatic carbocycles. The van der Waals surface area contributed by atoms with Crippen LogP contribution in [-0.2, 0) is 16.0 Å². The summed E-state index contributed by atoms with van der Waals surface area (Å²) in [5.41, 5.74) is 1.70. The van der Waals surface area contributed by atoms with E-state index in [-0.39, 0.29) is 17.9 Å². The fourth-order valence-corrected chi connectivity index (χ4v) is 2.44. The van der Waals surface area contributed by atoms with Crippen LogP contribution in [0, 0.1) is 0 Å². The van der Waals surface area contributed by atoms with E-state index >= 15 is 0 Å². The number of hydrogen-bond acceptors (Lipinski definition) is 3. The van der Waals surface area contributed by atoms with Gasteiger partial charge in [-0.05, 0) is 36.6 Å². The fourth-order valence-electron chi connectivity index (χ4n) is 2.44. The van der Waals surface area contributed by atoms with E-state index in [0.717, 1.165) is 18.4 Å². The van der Waals surface area contributed by atoms with Crippen molar-refractivity contribution in [1.29, 1.82) is 0 Å². The fraction of sp³-hybridized carbons (Fsp3) is 0.250. The highest BCUT2D eigenvalue weighted by molar-refractivity contribution is 5.95. The number of amides is 2. The third-order valence-electron chi connectivity index (χ3n) is 3.93. The zero-order valence-corrected chi connectivity index (χ0v) is 13.9. The highest BCUT2D eigenvalue weighted by Crippen LogP contribution is 2.19. The standard InChI is InChI=1S/C20H21N3O2/c24-19(12-11-16-8-4-5-13-21-16)23-18(20(25)22-17-9-10-17)14-15-6-2-1-3-7-15/h1-8,11-13,17-18H,9-10,14H2,(H,22,25)(H,23,24). The third-order valence-corrected chi connectivity index (χ3v) is 3.93. The predicted octanol–water partition coefficient (Wildman–Crippen LogP) is 2.10. The first-order valence-corrected chi connectivity index (χ1v) is 8.44. The monoisotopic (exact) mass is 335 g/mol. The molecule has 0 spiro atoms. The van der Waals surface area contributed by atoms with Crippen LogP contribution in [0.2, 0.25) is 0 Å². The molecule has 5 heteroatoms. The smallest absolute Gasteiger partial charge is 0.244 e. The van der Waals surface area contributed by atoms with Gasteiger partial charge >= 0.3 is 0 Å². The van der Waals surface area contributed by atoms with Crippen molar-refractivity contribution < 1.29 is 9.59 Å². The Kier molecular flexibility index (Phi) is 5.57. The van der Waals surface area contributed by atoms with Crippen molar-refractivity contribution in [3.63, 3.8) is 0 Å². The van der Waals surface area contributed by atoms with Gasteiger partial charge in [0.2, 0.25) is 11.8 Å². The minimum Gasteiger partial charge on any atom is -0.352 e. The molecule has 1 aliphatic rings. The first-order valence-electron chi connectivity index (χ1n) is 8.44. The highest BCUT2D eigenvalue weighted by Gasteiger charge is 2.28. The molecule has 128 valence electrons. The summed E-state index contributed by atoms with van der Waals surface area (Å²) in [6, 6.07) is 14.8. The number of hydrogen-bond donors (Lipinski definition) is 2. The maximum absolute atomic E-state index is 12.4. The average molecular weight is 335 g/mol. The van der Waals surface area contributed by atoms with Gasteiger partial charge in [0.25, 0.3) is 0 Å². The van der Waals surface area contributed by atoms with Gasteiger partial charge in [0.1, 0.15) is 6.04 Å². The van der Waals surface area contributed by atoms with Crippen molar-refractivity contribution in [1.82, 2.24) is 15.6 Å². The maximum Gasteiger partial charge on any atom is 0.244 e. The Balaban J connectivity index is 1.64. The van der Waals surface area contributed by atoms with E-state index in [9.17, 15) is 9.59 Å². The number of benzene rings is 1. The second-order valence-corrected chi connectivity index (χ2v) is 6.12. The summed E-state index contributed by atoms with van der Waals surface area (Å²) in [5, 5.41) is 5.77. The van der Waals surface area contributed by atoms with Crippen LogP contribution in [0.25, 0.3) is 6.08 Å². The number of rotatable bonds is 7. The molecule has 1 aromatic heterocycles. The van der Waals surface area contributed by atoms with Crippen molar-refractivity contribution >= 4 is 17.9 Å². The molecule has 0 radical (unpaired) electrons. The highest BCUT2D eigenvalue weighted by atomic mass is 16.2. The quantitative estimate of drug-likeness (QED) is 0.761. The van der Waals surface area contributed by atoms with E-state index < -0.39 is 6.04 Å². The molecule has 1 heterocycles. The van der Waals surface area contributed by atoms with Crippen LogP contribution < -0.4 is 10.6 Å². The lowest BCUT2D eigenvalue weighted by atomic mass is 10.1. The molecule has 2 aromatic rings. The Morgan fingerprint density at radius 2 is 1.88 bits per heavy atom. The van der Waals surface area contributed by atoms with E-state index in [1.54, 1.807) is 12.3 Å². The number of nitrogens with one attached hydrogen (secondary N) is 2. The van der Waals surface area contributed by atoms with Crippen LogP contribution in [0.1, 0.15) is 24.1 Å². The topological polar surface area (TPSA) is 71.1 Å². The first-order chi connectivity index (χ1) is 12.2. The minimum atomic E-state index is -0.594. The largest absolute Gasteiger partial charge is 0.352 e. The molecule has 2 amide bonds. The Morgan fingerprint density at radius 3 is 2.56 bits per heavy atom. The summed E-state index contributed by atoms with van der Waals surface area (Å²) >= 11 is 0. The average Bonchev–Trinajstić information content (AvgIpc) is 3.45. The van der Waals surface area contributed by atoms with Gasteiger partial charge in [-0.3, -0.25) is 14.6 Å². The summed E-state index contributed by atoms with van der Waals surface area (Å²) in [5.74, 6) is -0.441.